The van der Waals surface area contributed by atoms with Crippen molar-refractivity contribution in [2.45, 2.75) is 13.0 Å². The van der Waals surface area contributed by atoms with E-state index in [0.29, 0.717) is 31.2 Å². The summed E-state index contributed by atoms with van der Waals surface area (Å²) in [5.74, 6) is -0.609. The van der Waals surface area contributed by atoms with Crippen LogP contribution < -0.4 is 10.6 Å². The first-order chi connectivity index (χ1) is 13.7. The van der Waals surface area contributed by atoms with Gasteiger partial charge in [-0.1, -0.05) is 58.5 Å². The molecule has 2 rings (SSSR count). The molecule has 0 bridgehead atoms. The summed E-state index contributed by atoms with van der Waals surface area (Å²) >= 11 is 23.8. The second-order valence-corrected chi connectivity index (χ2v) is 7.84. The number of halogens is 4. The van der Waals surface area contributed by atoms with Crippen LogP contribution in [0.2, 0.25) is 20.1 Å². The van der Waals surface area contributed by atoms with Crippen LogP contribution in [0, 0.1) is 0 Å². The molecule has 0 heterocycles. The summed E-state index contributed by atoms with van der Waals surface area (Å²) in [4.78, 5) is 23.9. The van der Waals surface area contributed by atoms with Crippen LogP contribution in [-0.2, 0) is 9.59 Å². The number of hydrogen-bond acceptors (Lipinski definition) is 2. The molecule has 0 saturated heterocycles. The Morgan fingerprint density at radius 2 is 1.34 bits per heavy atom. The molecule has 0 aromatic heterocycles. The normalized spacial score (nSPS) is 12.3. The van der Waals surface area contributed by atoms with Crippen molar-refractivity contribution >= 4 is 70.4 Å². The zero-order valence-electron chi connectivity index (χ0n) is 15.4. The number of carbonyl (C=O) groups excluding carboxylic acids is 2. The Morgan fingerprint density at radius 3 is 1.83 bits per heavy atom. The van der Waals surface area contributed by atoms with Gasteiger partial charge in [-0.25, -0.2) is 0 Å². The minimum Gasteiger partial charge on any atom is -0.351 e. The Hall–Kier alpha value is -1.98. The second kappa shape index (κ2) is 11.3. The third kappa shape index (κ3) is 8.11. The van der Waals surface area contributed by atoms with Crippen molar-refractivity contribution in [3.8, 4) is 0 Å². The van der Waals surface area contributed by atoms with Crippen LogP contribution in [0.15, 0.2) is 48.6 Å². The van der Waals surface area contributed by atoms with E-state index >= 15 is 0 Å². The van der Waals surface area contributed by atoms with Crippen LogP contribution >= 0.6 is 46.4 Å². The van der Waals surface area contributed by atoms with Gasteiger partial charge in [-0.2, -0.15) is 0 Å². The number of amides is 2. The monoisotopic (exact) mass is 470 g/mol. The van der Waals surface area contributed by atoms with Crippen molar-refractivity contribution in [3.63, 3.8) is 0 Å². The number of nitrogens with one attached hydrogen (secondary N) is 2. The van der Waals surface area contributed by atoms with E-state index in [2.05, 4.69) is 10.6 Å². The van der Waals surface area contributed by atoms with Gasteiger partial charge in [0, 0.05) is 44.8 Å². The number of benzene rings is 2. The fraction of sp³-hybridized carbons (Fsp3) is 0.143. The first kappa shape index (κ1) is 23.3. The fourth-order valence-corrected chi connectivity index (χ4v) is 3.20. The average Bonchev–Trinajstić information content (AvgIpc) is 2.65. The Balaban J connectivity index is 1.80. The Labute approximate surface area is 189 Å². The maximum atomic E-state index is 12.0. The highest BCUT2D eigenvalue weighted by Gasteiger charge is 2.07. The Bertz CT molecular complexity index is 958. The van der Waals surface area contributed by atoms with Crippen molar-refractivity contribution in [2.24, 2.45) is 0 Å². The topological polar surface area (TPSA) is 58.2 Å². The highest BCUT2D eigenvalue weighted by Crippen LogP contribution is 2.22. The first-order valence-electron chi connectivity index (χ1n) is 8.59. The largest absolute Gasteiger partial charge is 0.351 e. The summed E-state index contributed by atoms with van der Waals surface area (Å²) in [7, 11) is 0. The van der Waals surface area contributed by atoms with Crippen LogP contribution in [0.25, 0.3) is 12.2 Å². The van der Waals surface area contributed by atoms with E-state index in [0.717, 1.165) is 0 Å². The second-order valence-electron chi connectivity index (χ2n) is 6.15. The molecule has 0 spiro atoms. The molecule has 0 saturated carbocycles. The summed E-state index contributed by atoms with van der Waals surface area (Å²) in [6.07, 6.45) is 5.93. The summed E-state index contributed by atoms with van der Waals surface area (Å²) in [6.45, 7) is 2.04. The number of hydrogen-bond donors (Lipinski definition) is 2. The van der Waals surface area contributed by atoms with Gasteiger partial charge in [-0.3, -0.25) is 9.59 Å². The molecule has 29 heavy (non-hydrogen) atoms. The zero-order chi connectivity index (χ0) is 21.4. The molecular formula is C21H18Cl4N2O2. The lowest BCUT2D eigenvalue weighted by atomic mass is 10.2. The molecule has 1 atom stereocenters. The molecule has 4 nitrogen and oxygen atoms in total. The molecule has 0 aliphatic carbocycles. The van der Waals surface area contributed by atoms with E-state index in [1.807, 2.05) is 0 Å². The van der Waals surface area contributed by atoms with E-state index in [4.69, 9.17) is 46.4 Å². The van der Waals surface area contributed by atoms with Gasteiger partial charge in [0.2, 0.25) is 11.8 Å². The van der Waals surface area contributed by atoms with Gasteiger partial charge in [0.1, 0.15) is 0 Å². The molecule has 2 aromatic rings. The highest BCUT2D eigenvalue weighted by atomic mass is 35.5. The lowest BCUT2D eigenvalue weighted by molar-refractivity contribution is -0.118. The summed E-state index contributed by atoms with van der Waals surface area (Å²) in [6, 6.07) is 9.74. The predicted molar refractivity (Wildman–Crippen MR) is 122 cm³/mol. The molecule has 8 heteroatoms. The molecule has 0 aliphatic heterocycles. The lowest BCUT2D eigenvalue weighted by Crippen LogP contribution is -2.40. The molecule has 0 aliphatic rings. The summed E-state index contributed by atoms with van der Waals surface area (Å²) in [5.41, 5.74) is 1.36. The van der Waals surface area contributed by atoms with Crippen LogP contribution in [-0.4, -0.2) is 24.4 Å². The standard InChI is InChI=1S/C21H18Cl4N2O2/c1-13(27-21(29)9-5-15-3-7-17(23)11-19(15)25)12-26-20(28)8-4-14-2-6-16(22)10-18(14)24/h2-11,13H,12H2,1H3,(H,26,28)(H,27,29)/b8-4+,9-5+. The van der Waals surface area contributed by atoms with Crippen LogP contribution in [0.3, 0.4) is 0 Å². The third-order valence-corrected chi connectivity index (χ3v) is 4.85. The van der Waals surface area contributed by atoms with E-state index < -0.39 is 0 Å². The maximum Gasteiger partial charge on any atom is 0.244 e. The Kier molecular flexibility index (Phi) is 9.05. The Morgan fingerprint density at radius 1 is 0.862 bits per heavy atom. The van der Waals surface area contributed by atoms with Crippen molar-refractivity contribution in [1.29, 1.82) is 0 Å². The van der Waals surface area contributed by atoms with Gasteiger partial charge >= 0.3 is 0 Å². The first-order valence-corrected chi connectivity index (χ1v) is 10.1. The minimum atomic E-state index is -0.305. The zero-order valence-corrected chi connectivity index (χ0v) is 18.4. The molecular weight excluding hydrogens is 454 g/mol. The summed E-state index contributed by atoms with van der Waals surface area (Å²) < 4.78 is 0. The van der Waals surface area contributed by atoms with Gasteiger partial charge in [0.15, 0.2) is 0 Å². The van der Waals surface area contributed by atoms with E-state index in [1.165, 1.54) is 12.2 Å². The fourth-order valence-electron chi connectivity index (χ4n) is 2.26. The van der Waals surface area contributed by atoms with E-state index in [9.17, 15) is 9.59 Å². The number of carbonyl (C=O) groups is 2. The van der Waals surface area contributed by atoms with E-state index in [-0.39, 0.29) is 24.4 Å². The SMILES string of the molecule is CC(CNC(=O)/C=C/c1ccc(Cl)cc1Cl)NC(=O)/C=C/c1ccc(Cl)cc1Cl. The maximum absolute atomic E-state index is 12.0. The van der Waals surface area contributed by atoms with Crippen molar-refractivity contribution < 1.29 is 9.59 Å². The molecule has 152 valence electrons. The quantitative estimate of drug-likeness (QED) is 0.512. The van der Waals surface area contributed by atoms with Gasteiger partial charge < -0.3 is 10.6 Å². The average molecular weight is 472 g/mol. The van der Waals surface area contributed by atoms with Gasteiger partial charge in [-0.05, 0) is 54.5 Å². The molecule has 2 N–H and O–H groups in total. The lowest BCUT2D eigenvalue weighted by Gasteiger charge is -2.12. The molecule has 1 unspecified atom stereocenters. The smallest absolute Gasteiger partial charge is 0.244 e. The molecule has 2 aromatic carbocycles. The van der Waals surface area contributed by atoms with Crippen LogP contribution in [0.1, 0.15) is 18.1 Å². The molecule has 0 fully saturated rings. The van der Waals surface area contributed by atoms with Gasteiger partial charge in [0.25, 0.3) is 0 Å². The third-order valence-electron chi connectivity index (χ3n) is 3.72. The van der Waals surface area contributed by atoms with Crippen molar-refractivity contribution in [1.82, 2.24) is 10.6 Å². The highest BCUT2D eigenvalue weighted by molar-refractivity contribution is 6.36. The number of rotatable bonds is 7. The van der Waals surface area contributed by atoms with Crippen molar-refractivity contribution in [3.05, 3.63) is 79.8 Å². The minimum absolute atomic E-state index is 0.263. The predicted octanol–water partition coefficient (Wildman–Crippen LogP) is 5.65. The molecule has 2 amide bonds. The van der Waals surface area contributed by atoms with Gasteiger partial charge in [0.05, 0.1) is 0 Å². The van der Waals surface area contributed by atoms with Crippen LogP contribution in [0.4, 0.5) is 0 Å². The summed E-state index contributed by atoms with van der Waals surface area (Å²) in [5, 5.41) is 7.41. The van der Waals surface area contributed by atoms with Crippen LogP contribution in [0.5, 0.6) is 0 Å². The molecule has 0 radical (unpaired) electrons. The van der Waals surface area contributed by atoms with Crippen molar-refractivity contribution in [2.75, 3.05) is 6.54 Å². The van der Waals surface area contributed by atoms with E-state index in [1.54, 1.807) is 55.5 Å². The van der Waals surface area contributed by atoms with Gasteiger partial charge in [-0.15, -0.1) is 0 Å².